The van der Waals surface area contributed by atoms with E-state index in [1.54, 1.807) is 0 Å². The molecule has 0 spiro atoms. The maximum atomic E-state index is 6.07. The van der Waals surface area contributed by atoms with Gasteiger partial charge in [0.2, 0.25) is 0 Å². The minimum absolute atomic E-state index is 0.260. The molecule has 0 saturated carbocycles. The van der Waals surface area contributed by atoms with E-state index in [1.807, 2.05) is 52.0 Å². The van der Waals surface area contributed by atoms with Gasteiger partial charge in [-0.05, 0) is 39.8 Å². The van der Waals surface area contributed by atoms with Crippen molar-refractivity contribution in [2.75, 3.05) is 6.61 Å². The van der Waals surface area contributed by atoms with Crippen LogP contribution in [0.3, 0.4) is 0 Å². The Labute approximate surface area is 120 Å². The zero-order valence-electron chi connectivity index (χ0n) is 12.7. The smallest absolute Gasteiger partial charge is 0.137 e. The Bertz CT molecular complexity index is 582. The highest BCUT2D eigenvalue weighted by atomic mass is 16.5. The molecule has 1 aromatic heterocycles. The second kappa shape index (κ2) is 5.67. The van der Waals surface area contributed by atoms with Crippen LogP contribution in [-0.4, -0.2) is 22.1 Å². The molecule has 0 amide bonds. The van der Waals surface area contributed by atoms with Crippen LogP contribution >= 0.6 is 0 Å². The molecule has 0 aliphatic rings. The normalized spacial score (nSPS) is 11.7. The number of hydrogen-bond donors (Lipinski definition) is 2. The first kappa shape index (κ1) is 14.6. The van der Waals surface area contributed by atoms with Gasteiger partial charge in [-0.15, -0.1) is 0 Å². The van der Waals surface area contributed by atoms with Gasteiger partial charge in [-0.2, -0.15) is 0 Å². The number of ether oxygens (including phenoxy) is 1. The number of H-pyrrole nitrogens is 1. The number of aromatic nitrogens is 2. The van der Waals surface area contributed by atoms with Crippen molar-refractivity contribution in [3.63, 3.8) is 0 Å². The zero-order chi connectivity index (χ0) is 14.8. The number of nitrogens with zero attached hydrogens (tertiary/aromatic N) is 1. The molecule has 4 heteroatoms. The van der Waals surface area contributed by atoms with E-state index in [0.717, 1.165) is 34.9 Å². The van der Waals surface area contributed by atoms with Crippen molar-refractivity contribution in [3.05, 3.63) is 35.7 Å². The van der Waals surface area contributed by atoms with E-state index in [2.05, 4.69) is 9.97 Å². The van der Waals surface area contributed by atoms with Gasteiger partial charge in [0.1, 0.15) is 11.6 Å². The molecule has 1 aromatic carbocycles. The number of hydrogen-bond acceptors (Lipinski definition) is 3. The van der Waals surface area contributed by atoms with Crippen molar-refractivity contribution in [2.45, 2.75) is 39.7 Å². The predicted molar refractivity (Wildman–Crippen MR) is 81.9 cm³/mol. The number of aryl methyl sites for hydroxylation is 1. The standard InChI is InChI=1S/C16H23N3O/c1-5-20-13-8-6-7-12(9-13)15-18-11(2)14(19-15)10-16(3,4)17/h6-9H,5,10,17H2,1-4H3,(H,18,19). The van der Waals surface area contributed by atoms with Crippen LogP contribution in [0.1, 0.15) is 32.2 Å². The van der Waals surface area contributed by atoms with Crippen LogP contribution in [0.2, 0.25) is 0 Å². The second-order valence-corrected chi connectivity index (χ2v) is 5.78. The molecule has 2 aromatic rings. The van der Waals surface area contributed by atoms with Crippen molar-refractivity contribution in [2.24, 2.45) is 5.73 Å². The van der Waals surface area contributed by atoms with Crippen LogP contribution in [0.25, 0.3) is 11.4 Å². The summed E-state index contributed by atoms with van der Waals surface area (Å²) in [7, 11) is 0. The van der Waals surface area contributed by atoms with Gasteiger partial charge in [0, 0.05) is 23.2 Å². The van der Waals surface area contributed by atoms with Gasteiger partial charge >= 0.3 is 0 Å². The summed E-state index contributed by atoms with van der Waals surface area (Å²) < 4.78 is 5.52. The van der Waals surface area contributed by atoms with Gasteiger partial charge in [0.15, 0.2) is 0 Å². The van der Waals surface area contributed by atoms with Gasteiger partial charge < -0.3 is 15.5 Å². The van der Waals surface area contributed by atoms with E-state index in [-0.39, 0.29) is 5.54 Å². The van der Waals surface area contributed by atoms with Crippen LogP contribution in [-0.2, 0) is 6.42 Å². The molecule has 0 aliphatic heterocycles. The summed E-state index contributed by atoms with van der Waals surface area (Å²) >= 11 is 0. The molecule has 1 heterocycles. The number of nitrogens with two attached hydrogens (primary N) is 1. The third kappa shape index (κ3) is 3.61. The summed E-state index contributed by atoms with van der Waals surface area (Å²) in [4.78, 5) is 8.01. The van der Waals surface area contributed by atoms with Crippen molar-refractivity contribution in [1.82, 2.24) is 9.97 Å². The zero-order valence-corrected chi connectivity index (χ0v) is 12.7. The highest BCUT2D eigenvalue weighted by molar-refractivity contribution is 5.58. The fraction of sp³-hybridized carbons (Fsp3) is 0.438. The molecular weight excluding hydrogens is 250 g/mol. The lowest BCUT2D eigenvalue weighted by Gasteiger charge is -2.16. The number of benzene rings is 1. The minimum atomic E-state index is -0.260. The highest BCUT2D eigenvalue weighted by Gasteiger charge is 2.17. The average molecular weight is 273 g/mol. The highest BCUT2D eigenvalue weighted by Crippen LogP contribution is 2.24. The summed E-state index contributed by atoms with van der Waals surface area (Å²) in [5.41, 5.74) is 8.93. The van der Waals surface area contributed by atoms with Crippen LogP contribution in [0.15, 0.2) is 24.3 Å². The monoisotopic (exact) mass is 273 g/mol. The van der Waals surface area contributed by atoms with E-state index < -0.39 is 0 Å². The Morgan fingerprint density at radius 3 is 2.75 bits per heavy atom. The summed E-state index contributed by atoms with van der Waals surface area (Å²) in [6.45, 7) is 8.69. The van der Waals surface area contributed by atoms with Crippen molar-refractivity contribution < 1.29 is 4.74 Å². The molecule has 20 heavy (non-hydrogen) atoms. The first-order valence-electron chi connectivity index (χ1n) is 6.96. The van der Waals surface area contributed by atoms with E-state index in [1.165, 1.54) is 0 Å². The molecule has 108 valence electrons. The van der Waals surface area contributed by atoms with Crippen LogP contribution < -0.4 is 10.5 Å². The van der Waals surface area contributed by atoms with Gasteiger partial charge in [0.05, 0.1) is 12.3 Å². The summed E-state index contributed by atoms with van der Waals surface area (Å²) in [5.74, 6) is 1.73. The lowest BCUT2D eigenvalue weighted by molar-refractivity contribution is 0.340. The molecule has 0 bridgehead atoms. The van der Waals surface area contributed by atoms with Crippen molar-refractivity contribution in [3.8, 4) is 17.1 Å². The number of imidazole rings is 1. The fourth-order valence-electron chi connectivity index (χ4n) is 2.14. The maximum absolute atomic E-state index is 6.07. The SMILES string of the molecule is CCOc1cccc(-c2nc(CC(C)(C)N)c(C)[nH]2)c1. The summed E-state index contributed by atoms with van der Waals surface area (Å²) in [5, 5.41) is 0. The van der Waals surface area contributed by atoms with E-state index in [9.17, 15) is 0 Å². The average Bonchev–Trinajstić information content (AvgIpc) is 2.70. The first-order chi connectivity index (χ1) is 9.39. The predicted octanol–water partition coefficient (Wildman–Crippen LogP) is 3.06. The van der Waals surface area contributed by atoms with Crippen molar-refractivity contribution in [1.29, 1.82) is 0 Å². The number of rotatable bonds is 5. The number of nitrogens with one attached hydrogen (secondary N) is 1. The van der Waals surface area contributed by atoms with Crippen LogP contribution in [0.4, 0.5) is 0 Å². The Balaban J connectivity index is 2.29. The fourth-order valence-corrected chi connectivity index (χ4v) is 2.14. The molecule has 0 aliphatic carbocycles. The van der Waals surface area contributed by atoms with Crippen molar-refractivity contribution >= 4 is 0 Å². The Hall–Kier alpha value is -1.81. The van der Waals surface area contributed by atoms with Gasteiger partial charge in [-0.3, -0.25) is 0 Å². The van der Waals surface area contributed by atoms with Crippen LogP contribution in [0, 0.1) is 6.92 Å². The van der Waals surface area contributed by atoms with Gasteiger partial charge in [-0.25, -0.2) is 4.98 Å². The van der Waals surface area contributed by atoms with Crippen LogP contribution in [0.5, 0.6) is 5.75 Å². The molecule has 4 nitrogen and oxygen atoms in total. The molecule has 0 atom stereocenters. The molecule has 3 N–H and O–H groups in total. The maximum Gasteiger partial charge on any atom is 0.137 e. The largest absolute Gasteiger partial charge is 0.494 e. The Morgan fingerprint density at radius 1 is 1.35 bits per heavy atom. The third-order valence-corrected chi connectivity index (χ3v) is 3.03. The molecular formula is C16H23N3O. The van der Waals surface area contributed by atoms with E-state index in [0.29, 0.717) is 6.61 Å². The van der Waals surface area contributed by atoms with Gasteiger partial charge in [-0.1, -0.05) is 12.1 Å². The summed E-state index contributed by atoms with van der Waals surface area (Å²) in [6.07, 6.45) is 0.750. The van der Waals surface area contributed by atoms with E-state index >= 15 is 0 Å². The molecule has 0 fully saturated rings. The molecule has 0 saturated heterocycles. The van der Waals surface area contributed by atoms with Gasteiger partial charge in [0.25, 0.3) is 0 Å². The minimum Gasteiger partial charge on any atom is -0.494 e. The first-order valence-corrected chi connectivity index (χ1v) is 6.96. The molecule has 0 radical (unpaired) electrons. The Morgan fingerprint density at radius 2 is 2.10 bits per heavy atom. The summed E-state index contributed by atoms with van der Waals surface area (Å²) in [6, 6.07) is 7.95. The lowest BCUT2D eigenvalue weighted by Crippen LogP contribution is -2.34. The molecule has 0 unspecified atom stereocenters. The third-order valence-electron chi connectivity index (χ3n) is 3.03. The lowest BCUT2D eigenvalue weighted by atomic mass is 9.99. The quantitative estimate of drug-likeness (QED) is 0.880. The molecule has 2 rings (SSSR count). The number of aromatic amines is 1. The van der Waals surface area contributed by atoms with E-state index in [4.69, 9.17) is 10.5 Å². The Kier molecular flexibility index (Phi) is 4.14. The second-order valence-electron chi connectivity index (χ2n) is 5.78. The topological polar surface area (TPSA) is 63.9 Å².